The molecular weight excluding hydrogens is 354 g/mol. The number of para-hydroxylation sites is 1. The first-order valence-electron chi connectivity index (χ1n) is 9.91. The summed E-state index contributed by atoms with van der Waals surface area (Å²) in [6, 6.07) is 7.35. The average molecular weight is 386 g/mol. The first-order valence-corrected chi connectivity index (χ1v) is 9.91. The van der Waals surface area contributed by atoms with E-state index in [1.165, 1.54) is 11.9 Å². The molecule has 6 heteroatoms. The molecule has 0 spiro atoms. The van der Waals surface area contributed by atoms with Crippen LogP contribution in [-0.2, 0) is 20.8 Å². The third-order valence-electron chi connectivity index (χ3n) is 5.28. The highest BCUT2D eigenvalue weighted by Crippen LogP contribution is 2.18. The number of H-pyrrole nitrogens is 1. The summed E-state index contributed by atoms with van der Waals surface area (Å²) in [6.07, 6.45) is 3.24. The molecule has 0 aliphatic heterocycles. The van der Waals surface area contributed by atoms with Gasteiger partial charge in [-0.15, -0.1) is 0 Å². The van der Waals surface area contributed by atoms with Gasteiger partial charge in [0.2, 0.25) is 11.7 Å². The fourth-order valence-electron chi connectivity index (χ4n) is 3.39. The van der Waals surface area contributed by atoms with Crippen LogP contribution in [0.2, 0.25) is 0 Å². The van der Waals surface area contributed by atoms with Gasteiger partial charge in [-0.1, -0.05) is 45.9 Å². The number of rotatable bonds is 9. The van der Waals surface area contributed by atoms with Gasteiger partial charge in [0.1, 0.15) is 6.04 Å². The second-order valence-corrected chi connectivity index (χ2v) is 7.68. The molecule has 152 valence electrons. The normalized spacial score (nSPS) is 13.4. The van der Waals surface area contributed by atoms with Gasteiger partial charge in [-0.2, -0.15) is 0 Å². The van der Waals surface area contributed by atoms with Crippen LogP contribution in [0.15, 0.2) is 30.5 Å². The second kappa shape index (κ2) is 9.53. The number of fused-ring (bicyclic) bond motifs is 1. The monoisotopic (exact) mass is 385 g/mol. The zero-order valence-corrected chi connectivity index (χ0v) is 17.4. The number of carbonyl (C=O) groups is 3. The Kier molecular flexibility index (Phi) is 7.38. The van der Waals surface area contributed by atoms with Crippen molar-refractivity contribution in [2.75, 3.05) is 13.6 Å². The van der Waals surface area contributed by atoms with Crippen LogP contribution in [0.5, 0.6) is 0 Å². The molecule has 28 heavy (non-hydrogen) atoms. The Morgan fingerprint density at radius 3 is 2.46 bits per heavy atom. The molecule has 1 heterocycles. The molecular formula is C22H31N3O3. The van der Waals surface area contributed by atoms with Crippen LogP contribution in [-0.4, -0.2) is 47.1 Å². The van der Waals surface area contributed by atoms with Gasteiger partial charge in [-0.25, -0.2) is 0 Å². The van der Waals surface area contributed by atoms with E-state index in [-0.39, 0.29) is 17.7 Å². The van der Waals surface area contributed by atoms with Crippen molar-refractivity contribution >= 4 is 28.5 Å². The summed E-state index contributed by atoms with van der Waals surface area (Å²) in [6.45, 7) is 7.82. The quantitative estimate of drug-likeness (QED) is 0.651. The van der Waals surface area contributed by atoms with Gasteiger partial charge in [-0.3, -0.25) is 14.4 Å². The highest BCUT2D eigenvalue weighted by molar-refractivity contribution is 6.37. The number of nitrogens with zero attached hydrogens (tertiary/aromatic N) is 1. The number of hydrogen-bond acceptors (Lipinski definition) is 3. The Morgan fingerprint density at radius 1 is 1.14 bits per heavy atom. The summed E-state index contributed by atoms with van der Waals surface area (Å²) >= 11 is 0. The third-order valence-corrected chi connectivity index (χ3v) is 5.28. The Morgan fingerprint density at radius 2 is 1.82 bits per heavy atom. The first kappa shape index (κ1) is 21.7. The Balaban J connectivity index is 2.00. The predicted molar refractivity (Wildman–Crippen MR) is 111 cm³/mol. The smallest absolute Gasteiger partial charge is 0.290 e. The van der Waals surface area contributed by atoms with Gasteiger partial charge in [-0.05, 0) is 30.4 Å². The number of aromatic amines is 1. The van der Waals surface area contributed by atoms with E-state index in [9.17, 15) is 14.4 Å². The molecule has 2 atom stereocenters. The largest absolute Gasteiger partial charge is 0.361 e. The van der Waals surface area contributed by atoms with Gasteiger partial charge < -0.3 is 15.2 Å². The lowest BCUT2D eigenvalue weighted by atomic mass is 9.98. The number of hydrogen-bond donors (Lipinski definition) is 2. The van der Waals surface area contributed by atoms with Crippen LogP contribution in [0.1, 0.15) is 39.7 Å². The van der Waals surface area contributed by atoms with E-state index < -0.39 is 17.7 Å². The molecule has 0 saturated heterocycles. The molecule has 0 aliphatic rings. The summed E-state index contributed by atoms with van der Waals surface area (Å²) in [7, 11) is 1.53. The van der Waals surface area contributed by atoms with E-state index >= 15 is 0 Å². The van der Waals surface area contributed by atoms with E-state index in [1.54, 1.807) is 6.92 Å². The van der Waals surface area contributed by atoms with E-state index in [0.29, 0.717) is 19.4 Å². The van der Waals surface area contributed by atoms with Crippen molar-refractivity contribution in [3.05, 3.63) is 36.0 Å². The molecule has 0 saturated carbocycles. The van der Waals surface area contributed by atoms with Crippen molar-refractivity contribution in [1.82, 2.24) is 15.2 Å². The molecule has 6 nitrogen and oxygen atoms in total. The number of aromatic nitrogens is 1. The topological polar surface area (TPSA) is 82.3 Å². The fraction of sp³-hybridized carbons (Fsp3) is 0.500. The van der Waals surface area contributed by atoms with Crippen molar-refractivity contribution in [1.29, 1.82) is 0 Å². The molecule has 1 aromatic carbocycles. The van der Waals surface area contributed by atoms with Crippen LogP contribution in [0.3, 0.4) is 0 Å². The minimum Gasteiger partial charge on any atom is -0.361 e. The summed E-state index contributed by atoms with van der Waals surface area (Å²) in [5, 5.41) is 4.07. The third kappa shape index (κ3) is 4.80. The molecule has 1 aromatic heterocycles. The fourth-order valence-corrected chi connectivity index (χ4v) is 3.39. The molecule has 0 bridgehead atoms. The van der Waals surface area contributed by atoms with Crippen LogP contribution in [0.25, 0.3) is 10.9 Å². The zero-order valence-electron chi connectivity index (χ0n) is 17.4. The number of nitrogens with one attached hydrogen (secondary N) is 2. The van der Waals surface area contributed by atoms with Crippen LogP contribution >= 0.6 is 0 Å². The van der Waals surface area contributed by atoms with Crippen molar-refractivity contribution in [2.45, 2.75) is 46.6 Å². The SMILES string of the molecule is CCC(C)C(=O)C(=O)N(C)C(C(=O)NCCc1c[nH]c2ccccc12)C(C)C. The lowest BCUT2D eigenvalue weighted by Crippen LogP contribution is -2.53. The van der Waals surface area contributed by atoms with Gasteiger partial charge >= 0.3 is 0 Å². The highest BCUT2D eigenvalue weighted by atomic mass is 16.2. The number of amides is 2. The van der Waals surface area contributed by atoms with Crippen molar-refractivity contribution in [2.24, 2.45) is 11.8 Å². The van der Waals surface area contributed by atoms with Crippen LogP contribution in [0, 0.1) is 11.8 Å². The summed E-state index contributed by atoms with van der Waals surface area (Å²) in [5.74, 6) is -1.72. The number of likely N-dealkylation sites (N-methyl/N-ethyl adjacent to an activating group) is 1. The maximum Gasteiger partial charge on any atom is 0.290 e. The lowest BCUT2D eigenvalue weighted by molar-refractivity contribution is -0.150. The maximum atomic E-state index is 12.8. The predicted octanol–water partition coefficient (Wildman–Crippen LogP) is 2.92. The standard InChI is InChI=1S/C22H31N3O3/c1-6-15(4)20(26)22(28)25(5)19(14(2)3)21(27)23-12-11-16-13-24-18-10-8-7-9-17(16)18/h7-10,13-15,19,24H,6,11-12H2,1-5H3,(H,23,27). The molecule has 2 aromatic rings. The van der Waals surface area contributed by atoms with Crippen LogP contribution < -0.4 is 5.32 Å². The Hall–Kier alpha value is -2.63. The lowest BCUT2D eigenvalue weighted by Gasteiger charge is -2.30. The summed E-state index contributed by atoms with van der Waals surface area (Å²) < 4.78 is 0. The number of benzene rings is 1. The zero-order chi connectivity index (χ0) is 20.8. The minimum atomic E-state index is -0.677. The van der Waals surface area contributed by atoms with Crippen molar-refractivity contribution < 1.29 is 14.4 Å². The second-order valence-electron chi connectivity index (χ2n) is 7.68. The molecule has 0 aliphatic carbocycles. The molecule has 2 amide bonds. The number of ketones is 1. The molecule has 0 radical (unpaired) electrons. The minimum absolute atomic E-state index is 0.105. The van der Waals surface area contributed by atoms with Crippen molar-refractivity contribution in [3.63, 3.8) is 0 Å². The van der Waals surface area contributed by atoms with Gasteiger partial charge in [0, 0.05) is 36.6 Å². The van der Waals surface area contributed by atoms with Gasteiger partial charge in [0.25, 0.3) is 5.91 Å². The van der Waals surface area contributed by atoms with Gasteiger partial charge in [0.15, 0.2) is 0 Å². The molecule has 2 unspecified atom stereocenters. The van der Waals surface area contributed by atoms with E-state index in [2.05, 4.69) is 10.3 Å². The maximum absolute atomic E-state index is 12.8. The van der Waals surface area contributed by atoms with E-state index in [0.717, 1.165) is 16.5 Å². The molecule has 2 rings (SSSR count). The highest BCUT2D eigenvalue weighted by Gasteiger charge is 2.33. The van der Waals surface area contributed by atoms with E-state index in [1.807, 2.05) is 51.2 Å². The summed E-state index contributed by atoms with van der Waals surface area (Å²) in [4.78, 5) is 42.0. The van der Waals surface area contributed by atoms with Crippen LogP contribution in [0.4, 0.5) is 0 Å². The number of Topliss-reactive ketones (excluding diaryl/α,β-unsaturated/α-hetero) is 1. The molecule has 2 N–H and O–H groups in total. The van der Waals surface area contributed by atoms with Crippen molar-refractivity contribution in [3.8, 4) is 0 Å². The number of carbonyl (C=O) groups excluding carboxylic acids is 3. The van der Waals surface area contributed by atoms with E-state index in [4.69, 9.17) is 0 Å². The summed E-state index contributed by atoms with van der Waals surface area (Å²) in [5.41, 5.74) is 2.20. The average Bonchev–Trinajstić information content (AvgIpc) is 3.09. The molecule has 0 fully saturated rings. The van der Waals surface area contributed by atoms with Gasteiger partial charge in [0.05, 0.1) is 0 Å². The Labute approximate surface area is 166 Å². The Bertz CT molecular complexity index is 840. The first-order chi connectivity index (χ1) is 13.3.